The van der Waals surface area contributed by atoms with Gasteiger partial charge in [-0.25, -0.2) is 13.1 Å². The van der Waals surface area contributed by atoms with Gasteiger partial charge in [0.25, 0.3) is 0 Å². The summed E-state index contributed by atoms with van der Waals surface area (Å²) in [7, 11) is -1.62. The Kier molecular flexibility index (Phi) is 3.30. The third-order valence-corrected chi connectivity index (χ3v) is 3.12. The zero-order valence-corrected chi connectivity index (χ0v) is 9.08. The molecule has 1 rings (SSSR count). The Labute approximate surface area is 84.0 Å². The van der Waals surface area contributed by atoms with Crippen LogP contribution in [0.3, 0.4) is 0 Å². The minimum Gasteiger partial charge on any atom is -0.356 e. The zero-order chi connectivity index (χ0) is 10.8. The van der Waals surface area contributed by atoms with Crippen LogP contribution in [0.5, 0.6) is 0 Å². The smallest absolute Gasteiger partial charge is 0.242 e. The molecule has 80 valence electrons. The van der Waals surface area contributed by atoms with Gasteiger partial charge in [-0.15, -0.1) is 0 Å². The van der Waals surface area contributed by atoms with Crippen LogP contribution in [0.1, 0.15) is 6.92 Å². The van der Waals surface area contributed by atoms with Gasteiger partial charge in [-0.2, -0.15) is 0 Å². The number of aromatic nitrogens is 1. The van der Waals surface area contributed by atoms with Gasteiger partial charge < -0.3 is 10.3 Å². The van der Waals surface area contributed by atoms with Crippen molar-refractivity contribution in [2.45, 2.75) is 17.9 Å². The lowest BCUT2D eigenvalue weighted by atomic mass is 10.4. The summed E-state index contributed by atoms with van der Waals surface area (Å²) in [6, 6.07) is 1.36. The third kappa shape index (κ3) is 2.83. The predicted octanol–water partition coefficient (Wildman–Crippen LogP) is -0.349. The maximum atomic E-state index is 11.6. The van der Waals surface area contributed by atoms with Crippen molar-refractivity contribution in [2.75, 3.05) is 6.54 Å². The van der Waals surface area contributed by atoms with Gasteiger partial charge in [-0.05, 0) is 13.0 Å². The molecule has 1 heterocycles. The number of nitrogens with zero attached hydrogens (tertiary/aromatic N) is 1. The van der Waals surface area contributed by atoms with Crippen molar-refractivity contribution < 1.29 is 8.42 Å². The number of nitrogens with two attached hydrogens (primary N) is 1. The second-order valence-corrected chi connectivity index (χ2v) is 5.11. The summed E-state index contributed by atoms with van der Waals surface area (Å²) >= 11 is 0. The van der Waals surface area contributed by atoms with E-state index in [-0.39, 0.29) is 17.5 Å². The van der Waals surface area contributed by atoms with Gasteiger partial charge >= 0.3 is 0 Å². The van der Waals surface area contributed by atoms with Crippen LogP contribution in [0.15, 0.2) is 23.4 Å². The van der Waals surface area contributed by atoms with Crippen molar-refractivity contribution in [3.63, 3.8) is 0 Å². The van der Waals surface area contributed by atoms with Gasteiger partial charge in [0.2, 0.25) is 10.0 Å². The largest absolute Gasteiger partial charge is 0.356 e. The predicted molar refractivity (Wildman–Crippen MR) is 54.3 cm³/mol. The summed E-state index contributed by atoms with van der Waals surface area (Å²) in [5.74, 6) is 0. The van der Waals surface area contributed by atoms with E-state index in [2.05, 4.69) is 4.72 Å². The standard InChI is InChI=1S/C8H15N3O2S/c1-7(9)5-10-14(12,13)8-3-4-11(2)6-8/h3-4,6-7,10H,5,9H2,1-2H3. The highest BCUT2D eigenvalue weighted by atomic mass is 32.2. The lowest BCUT2D eigenvalue weighted by Crippen LogP contribution is -2.35. The average Bonchev–Trinajstić information content (AvgIpc) is 2.49. The Morgan fingerprint density at radius 2 is 2.29 bits per heavy atom. The second kappa shape index (κ2) is 4.12. The van der Waals surface area contributed by atoms with Gasteiger partial charge in [-0.3, -0.25) is 0 Å². The van der Waals surface area contributed by atoms with E-state index < -0.39 is 10.0 Å². The van der Waals surface area contributed by atoms with E-state index in [4.69, 9.17) is 5.73 Å². The van der Waals surface area contributed by atoms with E-state index in [1.165, 1.54) is 0 Å². The van der Waals surface area contributed by atoms with Crippen LogP contribution in [0.25, 0.3) is 0 Å². The minimum absolute atomic E-state index is 0.187. The number of sulfonamides is 1. The Balaban J connectivity index is 2.76. The van der Waals surface area contributed by atoms with Crippen LogP contribution in [-0.4, -0.2) is 25.6 Å². The zero-order valence-electron chi connectivity index (χ0n) is 8.27. The van der Waals surface area contributed by atoms with E-state index in [0.717, 1.165) is 0 Å². The molecule has 0 saturated carbocycles. The fourth-order valence-corrected chi connectivity index (χ4v) is 2.16. The summed E-state index contributed by atoms with van der Waals surface area (Å²) < 4.78 is 27.2. The topological polar surface area (TPSA) is 77.1 Å². The molecule has 0 aliphatic rings. The van der Waals surface area contributed by atoms with Gasteiger partial charge in [0.15, 0.2) is 0 Å². The van der Waals surface area contributed by atoms with Crippen LogP contribution in [0.4, 0.5) is 0 Å². The van der Waals surface area contributed by atoms with E-state index in [0.29, 0.717) is 0 Å². The van der Waals surface area contributed by atoms with Crippen molar-refractivity contribution in [2.24, 2.45) is 12.8 Å². The van der Waals surface area contributed by atoms with E-state index in [1.807, 2.05) is 0 Å². The molecule has 0 amide bonds. The Hall–Kier alpha value is -0.850. The molecule has 5 nitrogen and oxygen atoms in total. The summed E-state index contributed by atoms with van der Waals surface area (Å²) in [4.78, 5) is 0.264. The molecular weight excluding hydrogens is 202 g/mol. The highest BCUT2D eigenvalue weighted by molar-refractivity contribution is 7.89. The molecule has 0 radical (unpaired) electrons. The molecule has 0 spiro atoms. The Bertz CT molecular complexity index is 394. The molecule has 0 saturated heterocycles. The van der Waals surface area contributed by atoms with Gasteiger partial charge in [0, 0.05) is 32.0 Å². The Morgan fingerprint density at radius 3 is 2.71 bits per heavy atom. The first-order chi connectivity index (χ1) is 6.42. The second-order valence-electron chi connectivity index (χ2n) is 3.34. The van der Waals surface area contributed by atoms with Gasteiger partial charge in [-0.1, -0.05) is 0 Å². The molecule has 0 bridgehead atoms. The molecule has 14 heavy (non-hydrogen) atoms. The first-order valence-electron chi connectivity index (χ1n) is 4.29. The lowest BCUT2D eigenvalue weighted by Gasteiger charge is -2.06. The summed E-state index contributed by atoms with van der Waals surface area (Å²) in [6.07, 6.45) is 3.23. The van der Waals surface area contributed by atoms with Gasteiger partial charge in [0.05, 0.1) is 4.90 Å². The summed E-state index contributed by atoms with van der Waals surface area (Å²) in [5, 5.41) is 0. The molecule has 1 atom stereocenters. The monoisotopic (exact) mass is 217 g/mol. The Morgan fingerprint density at radius 1 is 1.64 bits per heavy atom. The summed E-state index contributed by atoms with van der Waals surface area (Å²) in [5.41, 5.74) is 5.45. The molecule has 1 aromatic heterocycles. The van der Waals surface area contributed by atoms with Crippen molar-refractivity contribution >= 4 is 10.0 Å². The van der Waals surface area contributed by atoms with Gasteiger partial charge in [0.1, 0.15) is 0 Å². The van der Waals surface area contributed by atoms with Crippen molar-refractivity contribution in [3.8, 4) is 0 Å². The molecule has 0 aromatic carbocycles. The minimum atomic E-state index is -3.39. The van der Waals surface area contributed by atoms with Crippen LogP contribution in [0, 0.1) is 0 Å². The SMILES string of the molecule is CC(N)CNS(=O)(=O)c1ccn(C)c1. The molecule has 0 aliphatic carbocycles. The molecule has 0 fully saturated rings. The maximum Gasteiger partial charge on any atom is 0.242 e. The summed E-state index contributed by atoms with van der Waals surface area (Å²) in [6.45, 7) is 1.99. The molecule has 1 unspecified atom stereocenters. The van der Waals surface area contributed by atoms with Crippen LogP contribution in [0.2, 0.25) is 0 Å². The molecule has 6 heteroatoms. The number of nitrogens with one attached hydrogen (secondary N) is 1. The average molecular weight is 217 g/mol. The van der Waals surface area contributed by atoms with E-state index in [1.54, 1.807) is 37.0 Å². The number of hydrogen-bond acceptors (Lipinski definition) is 3. The first-order valence-corrected chi connectivity index (χ1v) is 5.77. The highest BCUT2D eigenvalue weighted by Crippen LogP contribution is 2.07. The molecule has 0 aliphatic heterocycles. The fourth-order valence-electron chi connectivity index (χ4n) is 0.961. The van der Waals surface area contributed by atoms with Crippen molar-refractivity contribution in [3.05, 3.63) is 18.5 Å². The van der Waals surface area contributed by atoms with Crippen LogP contribution in [-0.2, 0) is 17.1 Å². The molecule has 1 aromatic rings. The lowest BCUT2D eigenvalue weighted by molar-refractivity contribution is 0.574. The van der Waals surface area contributed by atoms with Crippen LogP contribution < -0.4 is 10.5 Å². The maximum absolute atomic E-state index is 11.6. The number of hydrogen-bond donors (Lipinski definition) is 2. The first kappa shape index (κ1) is 11.2. The number of aryl methyl sites for hydroxylation is 1. The van der Waals surface area contributed by atoms with Crippen LogP contribution >= 0.6 is 0 Å². The third-order valence-electron chi connectivity index (χ3n) is 1.71. The molecular formula is C8H15N3O2S. The fraction of sp³-hybridized carbons (Fsp3) is 0.500. The van der Waals surface area contributed by atoms with E-state index >= 15 is 0 Å². The molecule has 3 N–H and O–H groups in total. The van der Waals surface area contributed by atoms with Crippen molar-refractivity contribution in [1.82, 2.24) is 9.29 Å². The van der Waals surface area contributed by atoms with Crippen molar-refractivity contribution in [1.29, 1.82) is 0 Å². The van der Waals surface area contributed by atoms with E-state index in [9.17, 15) is 8.42 Å². The normalized spacial score (nSPS) is 14.2. The highest BCUT2D eigenvalue weighted by Gasteiger charge is 2.14. The quantitative estimate of drug-likeness (QED) is 0.723. The number of rotatable bonds is 4.